The zero-order chi connectivity index (χ0) is 18.3. The molecule has 0 aliphatic carbocycles. The number of halogens is 2. The van der Waals surface area contributed by atoms with E-state index in [0.29, 0.717) is 21.5 Å². The number of fused-ring (bicyclic) bond motifs is 1. The van der Waals surface area contributed by atoms with E-state index >= 15 is 0 Å². The van der Waals surface area contributed by atoms with E-state index in [4.69, 9.17) is 27.9 Å². The van der Waals surface area contributed by atoms with Gasteiger partial charge in [-0.15, -0.1) is 0 Å². The number of aromatic nitrogens is 2. The van der Waals surface area contributed by atoms with Gasteiger partial charge >= 0.3 is 0 Å². The van der Waals surface area contributed by atoms with Crippen molar-refractivity contribution in [3.63, 3.8) is 0 Å². The number of rotatable bonds is 5. The number of imidazole rings is 1. The number of nitrogens with one attached hydrogen (secondary N) is 1. The first-order chi connectivity index (χ1) is 11.8. The molecule has 138 valence electrons. The molecule has 0 radical (unpaired) electrons. The summed E-state index contributed by atoms with van der Waals surface area (Å²) >= 11 is 12.2. The summed E-state index contributed by atoms with van der Waals surface area (Å²) in [6.07, 6.45) is -3.74. The van der Waals surface area contributed by atoms with Gasteiger partial charge in [-0.3, -0.25) is 0 Å². The number of benzene rings is 1. The molecule has 1 aliphatic rings. The molecule has 0 spiro atoms. The van der Waals surface area contributed by atoms with Crippen molar-refractivity contribution in [1.82, 2.24) is 9.55 Å². The lowest BCUT2D eigenvalue weighted by atomic mass is 10.1. The van der Waals surface area contributed by atoms with Gasteiger partial charge in [0.05, 0.1) is 34.2 Å². The van der Waals surface area contributed by atoms with Crippen LogP contribution < -0.4 is 5.32 Å². The van der Waals surface area contributed by atoms with Crippen LogP contribution in [0.15, 0.2) is 12.1 Å². The van der Waals surface area contributed by atoms with Gasteiger partial charge in [0.1, 0.15) is 24.4 Å². The van der Waals surface area contributed by atoms with E-state index in [2.05, 4.69) is 10.3 Å². The molecule has 1 fully saturated rings. The molecule has 1 aromatic heterocycles. The van der Waals surface area contributed by atoms with Crippen molar-refractivity contribution in [1.29, 1.82) is 0 Å². The van der Waals surface area contributed by atoms with Crippen LogP contribution in [-0.2, 0) is 11.3 Å². The average Bonchev–Trinajstić information content (AvgIpc) is 3.00. The first-order valence-corrected chi connectivity index (χ1v) is 8.81. The van der Waals surface area contributed by atoms with Gasteiger partial charge in [0.25, 0.3) is 0 Å². The summed E-state index contributed by atoms with van der Waals surface area (Å²) in [7, 11) is 0. The number of hydrogen-bond donors (Lipinski definition) is 4. The highest BCUT2D eigenvalue weighted by atomic mass is 35.5. The fraction of sp³-hybridized carbons (Fsp3) is 0.562. The van der Waals surface area contributed by atoms with Crippen molar-refractivity contribution in [3.8, 4) is 0 Å². The maximum absolute atomic E-state index is 10.2. The number of hydrogen-bond acceptors (Lipinski definition) is 6. The van der Waals surface area contributed by atoms with Crippen LogP contribution in [0.3, 0.4) is 0 Å². The van der Waals surface area contributed by atoms with Crippen LogP contribution in [0.25, 0.3) is 11.0 Å². The lowest BCUT2D eigenvalue weighted by Gasteiger charge is -2.19. The van der Waals surface area contributed by atoms with Gasteiger partial charge in [-0.05, 0) is 26.0 Å². The van der Waals surface area contributed by atoms with Gasteiger partial charge in [-0.25, -0.2) is 4.98 Å². The maximum Gasteiger partial charge on any atom is 0.204 e. The molecule has 0 bridgehead atoms. The molecule has 2 heterocycles. The standard InChI is InChI=1S/C16H21Cl2N3O4/c1-7(2)19-16-20-10-3-8(17)9(18)4-11(10)21(16)5-12-14(23)15(24)13(6-22)25-12/h3-4,7,12-15,22-24H,5-6H2,1-2H3,(H,19,20)/t12-,13+,14-,15-/m1/s1. The molecule has 9 heteroatoms. The zero-order valence-electron chi connectivity index (χ0n) is 13.9. The normalized spacial score (nSPS) is 26.7. The van der Waals surface area contributed by atoms with Crippen molar-refractivity contribution in [2.45, 2.75) is 50.8 Å². The van der Waals surface area contributed by atoms with Crippen LogP contribution in [0.5, 0.6) is 0 Å². The van der Waals surface area contributed by atoms with E-state index in [1.54, 1.807) is 12.1 Å². The number of anilines is 1. The molecule has 1 aliphatic heterocycles. The molecule has 0 saturated carbocycles. The number of nitrogens with zero attached hydrogens (tertiary/aromatic N) is 2. The van der Waals surface area contributed by atoms with E-state index < -0.39 is 24.4 Å². The van der Waals surface area contributed by atoms with Crippen molar-refractivity contribution in [2.75, 3.05) is 11.9 Å². The first-order valence-electron chi connectivity index (χ1n) is 8.06. The zero-order valence-corrected chi connectivity index (χ0v) is 15.4. The number of aliphatic hydroxyl groups is 3. The minimum absolute atomic E-state index is 0.131. The molecular formula is C16H21Cl2N3O4. The van der Waals surface area contributed by atoms with Gasteiger partial charge in [-0.2, -0.15) is 0 Å². The fourth-order valence-corrected chi connectivity index (χ4v) is 3.30. The molecule has 0 unspecified atom stereocenters. The van der Waals surface area contributed by atoms with Crippen LogP contribution in [0.2, 0.25) is 10.0 Å². The van der Waals surface area contributed by atoms with Crippen LogP contribution in [-0.4, -0.2) is 61.9 Å². The van der Waals surface area contributed by atoms with Gasteiger partial charge < -0.3 is 29.9 Å². The predicted octanol–water partition coefficient (Wildman–Crippen LogP) is 1.64. The SMILES string of the molecule is CC(C)Nc1nc2cc(Cl)c(Cl)cc2n1C[C@H]1O[C@@H](CO)[C@@H](O)[C@@H]1O. The summed E-state index contributed by atoms with van der Waals surface area (Å²) in [5.41, 5.74) is 1.39. The summed E-state index contributed by atoms with van der Waals surface area (Å²) in [6.45, 7) is 3.84. The summed E-state index contributed by atoms with van der Waals surface area (Å²) in [6, 6.07) is 3.52. The largest absolute Gasteiger partial charge is 0.394 e. The van der Waals surface area contributed by atoms with Gasteiger partial charge in [0.15, 0.2) is 0 Å². The quantitative estimate of drug-likeness (QED) is 0.620. The Balaban J connectivity index is 2.00. The molecule has 0 amide bonds. The van der Waals surface area contributed by atoms with Crippen LogP contribution in [0.4, 0.5) is 5.95 Å². The van der Waals surface area contributed by atoms with Gasteiger partial charge in [0.2, 0.25) is 5.95 Å². The summed E-state index contributed by atoms with van der Waals surface area (Å²) < 4.78 is 7.42. The molecule has 7 nitrogen and oxygen atoms in total. The maximum atomic E-state index is 10.2. The van der Waals surface area contributed by atoms with E-state index in [1.165, 1.54) is 0 Å². The first kappa shape index (κ1) is 18.7. The highest BCUT2D eigenvalue weighted by Crippen LogP contribution is 2.31. The Morgan fingerprint density at radius 1 is 1.20 bits per heavy atom. The topological polar surface area (TPSA) is 99.8 Å². The van der Waals surface area contributed by atoms with Crippen molar-refractivity contribution in [3.05, 3.63) is 22.2 Å². The monoisotopic (exact) mass is 389 g/mol. The highest BCUT2D eigenvalue weighted by molar-refractivity contribution is 6.42. The molecule has 4 atom stereocenters. The second-order valence-corrected chi connectivity index (χ2v) is 7.29. The predicted molar refractivity (Wildman–Crippen MR) is 96.3 cm³/mol. The highest BCUT2D eigenvalue weighted by Gasteiger charge is 2.42. The Bertz CT molecular complexity index is 767. The second-order valence-electron chi connectivity index (χ2n) is 6.48. The fourth-order valence-electron chi connectivity index (χ4n) is 2.98. The van der Waals surface area contributed by atoms with Crippen molar-refractivity contribution < 1.29 is 20.1 Å². The summed E-state index contributed by atoms with van der Waals surface area (Å²) in [4.78, 5) is 4.54. The van der Waals surface area contributed by atoms with E-state index in [0.717, 1.165) is 5.52 Å². The number of ether oxygens (including phenoxy) is 1. The van der Waals surface area contributed by atoms with Crippen molar-refractivity contribution >= 4 is 40.2 Å². The smallest absolute Gasteiger partial charge is 0.204 e. The van der Waals surface area contributed by atoms with Crippen molar-refractivity contribution in [2.24, 2.45) is 0 Å². The molecular weight excluding hydrogens is 369 g/mol. The molecule has 3 rings (SSSR count). The molecule has 1 aromatic carbocycles. The Morgan fingerprint density at radius 3 is 2.44 bits per heavy atom. The summed E-state index contributed by atoms with van der Waals surface area (Å²) in [5, 5.41) is 33.5. The van der Waals surface area contributed by atoms with Gasteiger partial charge in [0, 0.05) is 6.04 Å². The van der Waals surface area contributed by atoms with Gasteiger partial charge in [-0.1, -0.05) is 23.2 Å². The third kappa shape index (κ3) is 3.58. The van der Waals surface area contributed by atoms with Crippen LogP contribution in [0, 0.1) is 0 Å². The minimum atomic E-state index is -1.13. The Labute approximate surface area is 155 Å². The second kappa shape index (κ2) is 7.26. The number of aliphatic hydroxyl groups excluding tert-OH is 3. The average molecular weight is 390 g/mol. The van der Waals surface area contributed by atoms with Crippen LogP contribution in [0.1, 0.15) is 13.8 Å². The third-order valence-electron chi connectivity index (χ3n) is 4.21. The van der Waals surface area contributed by atoms with E-state index in [1.807, 2.05) is 18.4 Å². The lowest BCUT2D eigenvalue weighted by molar-refractivity contribution is -0.0260. The third-order valence-corrected chi connectivity index (χ3v) is 4.93. The molecule has 2 aromatic rings. The molecule has 1 saturated heterocycles. The van der Waals surface area contributed by atoms with E-state index in [-0.39, 0.29) is 19.2 Å². The molecule has 25 heavy (non-hydrogen) atoms. The molecule has 4 N–H and O–H groups in total. The van der Waals surface area contributed by atoms with E-state index in [9.17, 15) is 15.3 Å². The summed E-state index contributed by atoms with van der Waals surface area (Å²) in [5.74, 6) is 0.584. The Morgan fingerprint density at radius 2 is 1.84 bits per heavy atom. The lowest BCUT2D eigenvalue weighted by Crippen LogP contribution is -2.35. The van der Waals surface area contributed by atoms with Crippen LogP contribution >= 0.6 is 23.2 Å². The Hall–Kier alpha value is -1.09. The Kier molecular flexibility index (Phi) is 5.43. The minimum Gasteiger partial charge on any atom is -0.394 e.